The van der Waals surface area contributed by atoms with Crippen molar-refractivity contribution in [1.29, 1.82) is 0 Å². The van der Waals surface area contributed by atoms with E-state index in [0.29, 0.717) is 13.1 Å². The number of carbonyl (C=O) groups excluding carboxylic acids is 1. The Kier molecular flexibility index (Phi) is 3.57. The van der Waals surface area contributed by atoms with Crippen molar-refractivity contribution in [2.24, 2.45) is 5.92 Å². The number of fused-ring (bicyclic) bond motifs is 1. The van der Waals surface area contributed by atoms with Gasteiger partial charge in [-0.15, -0.1) is 0 Å². The minimum atomic E-state index is -0.908. The Morgan fingerprint density at radius 2 is 2.10 bits per heavy atom. The third-order valence-corrected chi connectivity index (χ3v) is 4.62. The fourth-order valence-electron chi connectivity index (χ4n) is 3.36. The molecule has 112 valence electrons. The molecule has 1 aromatic carbocycles. The van der Waals surface area contributed by atoms with E-state index in [-0.39, 0.29) is 17.9 Å². The maximum atomic E-state index is 12.1. The summed E-state index contributed by atoms with van der Waals surface area (Å²) < 4.78 is 0. The Morgan fingerprint density at radius 3 is 2.76 bits per heavy atom. The summed E-state index contributed by atoms with van der Waals surface area (Å²) in [4.78, 5) is 26.9. The Bertz CT molecular complexity index is 572. The maximum Gasteiger partial charge on any atom is 0.407 e. The minimum Gasteiger partial charge on any atom is -0.465 e. The van der Waals surface area contributed by atoms with E-state index in [2.05, 4.69) is 6.07 Å². The Hall–Kier alpha value is -2.04. The molecule has 2 aliphatic rings. The van der Waals surface area contributed by atoms with E-state index >= 15 is 0 Å². The van der Waals surface area contributed by atoms with Crippen LogP contribution in [-0.4, -0.2) is 46.5 Å². The molecule has 0 aliphatic carbocycles. The molecule has 0 radical (unpaired) electrons. The van der Waals surface area contributed by atoms with Gasteiger partial charge in [0.25, 0.3) is 0 Å². The number of hydrogen-bond donors (Lipinski definition) is 1. The molecule has 1 fully saturated rings. The SMILES string of the molecule is C[C@@H]1CCN(CC2c3ccccc3CCN2C(=O)O)C1=O. The largest absolute Gasteiger partial charge is 0.465 e. The number of rotatable bonds is 2. The lowest BCUT2D eigenvalue weighted by molar-refractivity contribution is -0.131. The average Bonchev–Trinajstić information content (AvgIpc) is 2.79. The summed E-state index contributed by atoms with van der Waals surface area (Å²) in [7, 11) is 0. The average molecular weight is 288 g/mol. The molecular weight excluding hydrogens is 268 g/mol. The maximum absolute atomic E-state index is 12.1. The number of nitrogens with zero attached hydrogens (tertiary/aromatic N) is 2. The molecule has 1 unspecified atom stereocenters. The van der Waals surface area contributed by atoms with Crippen molar-refractivity contribution in [3.05, 3.63) is 35.4 Å². The van der Waals surface area contributed by atoms with E-state index in [1.807, 2.05) is 30.0 Å². The summed E-state index contributed by atoms with van der Waals surface area (Å²) in [6.07, 6.45) is 0.693. The Balaban J connectivity index is 1.89. The predicted molar refractivity (Wildman–Crippen MR) is 78.0 cm³/mol. The first-order valence-electron chi connectivity index (χ1n) is 7.44. The third-order valence-electron chi connectivity index (χ3n) is 4.62. The summed E-state index contributed by atoms with van der Waals surface area (Å²) >= 11 is 0. The van der Waals surface area contributed by atoms with Crippen LogP contribution in [-0.2, 0) is 11.2 Å². The summed E-state index contributed by atoms with van der Waals surface area (Å²) in [6, 6.07) is 7.71. The Labute approximate surface area is 124 Å². The summed E-state index contributed by atoms with van der Waals surface area (Å²) in [5.41, 5.74) is 2.23. The molecular formula is C16H20N2O3. The van der Waals surface area contributed by atoms with Gasteiger partial charge in [-0.25, -0.2) is 4.79 Å². The molecule has 0 bridgehead atoms. The van der Waals surface area contributed by atoms with Gasteiger partial charge in [0.05, 0.1) is 6.04 Å². The van der Waals surface area contributed by atoms with Gasteiger partial charge in [-0.3, -0.25) is 9.69 Å². The molecule has 21 heavy (non-hydrogen) atoms. The van der Waals surface area contributed by atoms with Gasteiger partial charge in [0.15, 0.2) is 0 Å². The zero-order valence-corrected chi connectivity index (χ0v) is 12.2. The van der Waals surface area contributed by atoms with Crippen LogP contribution < -0.4 is 0 Å². The van der Waals surface area contributed by atoms with Gasteiger partial charge in [-0.2, -0.15) is 0 Å². The molecule has 1 aromatic rings. The topological polar surface area (TPSA) is 60.9 Å². The van der Waals surface area contributed by atoms with Crippen molar-refractivity contribution < 1.29 is 14.7 Å². The lowest BCUT2D eigenvalue weighted by atomic mass is 9.92. The van der Waals surface area contributed by atoms with Gasteiger partial charge in [0, 0.05) is 25.6 Å². The second-order valence-electron chi connectivity index (χ2n) is 5.91. The second-order valence-corrected chi connectivity index (χ2v) is 5.91. The van der Waals surface area contributed by atoms with Crippen LogP contribution in [0.25, 0.3) is 0 Å². The van der Waals surface area contributed by atoms with Crippen LogP contribution in [0, 0.1) is 5.92 Å². The monoisotopic (exact) mass is 288 g/mol. The molecule has 2 aliphatic heterocycles. The Morgan fingerprint density at radius 1 is 1.33 bits per heavy atom. The quantitative estimate of drug-likeness (QED) is 0.907. The number of amides is 2. The summed E-state index contributed by atoms with van der Waals surface area (Å²) in [5.74, 6) is 0.200. The van der Waals surface area contributed by atoms with Gasteiger partial charge in [-0.1, -0.05) is 31.2 Å². The molecule has 2 amide bonds. The van der Waals surface area contributed by atoms with Crippen molar-refractivity contribution in [2.75, 3.05) is 19.6 Å². The standard InChI is InChI=1S/C16H20N2O3/c1-11-6-8-17(15(11)19)10-14-13-5-3-2-4-12(13)7-9-18(14)16(20)21/h2-5,11,14H,6-10H2,1H3,(H,20,21)/t11-,14?/m1/s1. The van der Waals surface area contributed by atoms with Gasteiger partial charge in [-0.05, 0) is 24.0 Å². The lowest BCUT2D eigenvalue weighted by Gasteiger charge is -2.37. The lowest BCUT2D eigenvalue weighted by Crippen LogP contribution is -2.45. The summed E-state index contributed by atoms with van der Waals surface area (Å²) in [6.45, 7) is 3.62. The zero-order chi connectivity index (χ0) is 15.0. The van der Waals surface area contributed by atoms with Crippen LogP contribution in [0.4, 0.5) is 4.79 Å². The highest BCUT2D eigenvalue weighted by Gasteiger charge is 2.36. The van der Waals surface area contributed by atoms with Gasteiger partial charge in [0.2, 0.25) is 5.91 Å². The van der Waals surface area contributed by atoms with E-state index in [9.17, 15) is 14.7 Å². The molecule has 3 rings (SSSR count). The van der Waals surface area contributed by atoms with Crippen LogP contribution in [0.1, 0.15) is 30.5 Å². The number of benzene rings is 1. The highest BCUT2D eigenvalue weighted by atomic mass is 16.4. The van der Waals surface area contributed by atoms with Crippen molar-refractivity contribution in [1.82, 2.24) is 9.80 Å². The first-order chi connectivity index (χ1) is 10.1. The molecule has 5 heteroatoms. The number of carboxylic acid groups (broad SMARTS) is 1. The third kappa shape index (κ3) is 2.48. The minimum absolute atomic E-state index is 0.0575. The predicted octanol–water partition coefficient (Wildman–Crippen LogP) is 2.13. The molecule has 1 saturated heterocycles. The van der Waals surface area contributed by atoms with Crippen molar-refractivity contribution in [3.63, 3.8) is 0 Å². The molecule has 2 heterocycles. The number of carbonyl (C=O) groups is 2. The molecule has 1 N–H and O–H groups in total. The highest BCUT2D eigenvalue weighted by Crippen LogP contribution is 2.32. The molecule has 0 saturated carbocycles. The normalized spacial score (nSPS) is 25.1. The van der Waals surface area contributed by atoms with Crippen LogP contribution in [0.2, 0.25) is 0 Å². The van der Waals surface area contributed by atoms with E-state index in [1.54, 1.807) is 0 Å². The van der Waals surface area contributed by atoms with Gasteiger partial charge in [0.1, 0.15) is 0 Å². The van der Waals surface area contributed by atoms with Gasteiger partial charge >= 0.3 is 6.09 Å². The van der Waals surface area contributed by atoms with Crippen LogP contribution in [0.15, 0.2) is 24.3 Å². The smallest absolute Gasteiger partial charge is 0.407 e. The van der Waals surface area contributed by atoms with Crippen LogP contribution in [0.3, 0.4) is 0 Å². The highest BCUT2D eigenvalue weighted by molar-refractivity contribution is 5.80. The molecule has 0 aromatic heterocycles. The van der Waals surface area contributed by atoms with Crippen molar-refractivity contribution in [3.8, 4) is 0 Å². The molecule has 2 atom stereocenters. The number of hydrogen-bond acceptors (Lipinski definition) is 2. The molecule has 0 spiro atoms. The molecule has 5 nitrogen and oxygen atoms in total. The van der Waals surface area contributed by atoms with Crippen LogP contribution >= 0.6 is 0 Å². The van der Waals surface area contributed by atoms with Crippen molar-refractivity contribution in [2.45, 2.75) is 25.8 Å². The van der Waals surface area contributed by atoms with E-state index in [4.69, 9.17) is 0 Å². The van der Waals surface area contributed by atoms with E-state index in [1.165, 1.54) is 10.5 Å². The first kappa shape index (κ1) is 13.9. The van der Waals surface area contributed by atoms with Crippen LogP contribution in [0.5, 0.6) is 0 Å². The second kappa shape index (κ2) is 5.39. The van der Waals surface area contributed by atoms with Crippen molar-refractivity contribution >= 4 is 12.0 Å². The zero-order valence-electron chi connectivity index (χ0n) is 12.2. The first-order valence-corrected chi connectivity index (χ1v) is 7.44. The van der Waals surface area contributed by atoms with Gasteiger partial charge < -0.3 is 10.0 Å². The number of likely N-dealkylation sites (tertiary alicyclic amines) is 1. The van der Waals surface area contributed by atoms with E-state index < -0.39 is 6.09 Å². The summed E-state index contributed by atoms with van der Waals surface area (Å²) in [5, 5.41) is 9.45. The fraction of sp³-hybridized carbons (Fsp3) is 0.500. The van der Waals surface area contributed by atoms with E-state index in [0.717, 1.165) is 24.9 Å². The fourth-order valence-corrected chi connectivity index (χ4v) is 3.36.